The van der Waals surface area contributed by atoms with Crippen LogP contribution in [0.4, 0.5) is 0 Å². The van der Waals surface area contributed by atoms with E-state index in [0.29, 0.717) is 6.04 Å². The SMILES string of the molecule is Cc1ccc(CN[C@H](C)c2cccc3ccccc23)cc1C. The smallest absolute Gasteiger partial charge is 0.0301 e. The summed E-state index contributed by atoms with van der Waals surface area (Å²) >= 11 is 0. The molecule has 0 aliphatic heterocycles. The normalized spacial score (nSPS) is 12.5. The second-order valence-electron chi connectivity index (χ2n) is 6.09. The molecule has 1 atom stereocenters. The lowest BCUT2D eigenvalue weighted by atomic mass is 9.99. The first-order valence-corrected chi connectivity index (χ1v) is 7.92. The first-order valence-electron chi connectivity index (χ1n) is 7.92. The van der Waals surface area contributed by atoms with Crippen LogP contribution in [0.3, 0.4) is 0 Å². The van der Waals surface area contributed by atoms with Crippen LogP contribution in [-0.2, 0) is 6.54 Å². The Morgan fingerprint density at radius 3 is 2.45 bits per heavy atom. The van der Waals surface area contributed by atoms with Gasteiger partial charge in [0.25, 0.3) is 0 Å². The molecular formula is C21H23N. The van der Waals surface area contributed by atoms with Crippen molar-refractivity contribution >= 4 is 10.8 Å². The Labute approximate surface area is 133 Å². The zero-order chi connectivity index (χ0) is 15.5. The van der Waals surface area contributed by atoms with Crippen LogP contribution < -0.4 is 5.32 Å². The highest BCUT2D eigenvalue weighted by Crippen LogP contribution is 2.24. The molecule has 0 amide bonds. The van der Waals surface area contributed by atoms with Crippen molar-refractivity contribution in [2.24, 2.45) is 0 Å². The lowest BCUT2D eigenvalue weighted by Gasteiger charge is -2.17. The molecule has 112 valence electrons. The summed E-state index contributed by atoms with van der Waals surface area (Å²) in [6, 6.07) is 22.2. The number of fused-ring (bicyclic) bond motifs is 1. The molecule has 1 N–H and O–H groups in total. The van der Waals surface area contributed by atoms with Gasteiger partial charge in [0.2, 0.25) is 0 Å². The van der Waals surface area contributed by atoms with Crippen molar-refractivity contribution in [3.05, 3.63) is 82.9 Å². The molecule has 0 heterocycles. The molecule has 0 aromatic heterocycles. The van der Waals surface area contributed by atoms with E-state index < -0.39 is 0 Å². The van der Waals surface area contributed by atoms with E-state index in [1.807, 2.05) is 0 Å². The van der Waals surface area contributed by atoms with Crippen LogP contribution in [0, 0.1) is 13.8 Å². The van der Waals surface area contributed by atoms with E-state index in [4.69, 9.17) is 0 Å². The summed E-state index contributed by atoms with van der Waals surface area (Å²) in [5, 5.41) is 6.30. The van der Waals surface area contributed by atoms with E-state index in [-0.39, 0.29) is 0 Å². The number of rotatable bonds is 4. The van der Waals surface area contributed by atoms with Crippen LogP contribution in [0.1, 0.15) is 35.2 Å². The summed E-state index contributed by atoms with van der Waals surface area (Å²) in [7, 11) is 0. The van der Waals surface area contributed by atoms with Crippen molar-refractivity contribution in [1.29, 1.82) is 0 Å². The van der Waals surface area contributed by atoms with Crippen LogP contribution in [0.2, 0.25) is 0 Å². The summed E-state index contributed by atoms with van der Waals surface area (Å²) in [5.74, 6) is 0. The van der Waals surface area contributed by atoms with Gasteiger partial charge in [-0.1, -0.05) is 60.7 Å². The Balaban J connectivity index is 1.78. The predicted octanol–water partition coefficient (Wildman–Crippen LogP) is 5.31. The average molecular weight is 289 g/mol. The van der Waals surface area contributed by atoms with E-state index >= 15 is 0 Å². The minimum atomic E-state index is 0.327. The van der Waals surface area contributed by atoms with Crippen molar-refractivity contribution in [3.8, 4) is 0 Å². The molecule has 3 aromatic rings. The highest BCUT2D eigenvalue weighted by atomic mass is 14.9. The Hall–Kier alpha value is -2.12. The van der Waals surface area contributed by atoms with Crippen LogP contribution in [-0.4, -0.2) is 0 Å². The molecule has 0 unspecified atom stereocenters. The summed E-state index contributed by atoms with van der Waals surface area (Å²) in [5.41, 5.74) is 5.42. The minimum absolute atomic E-state index is 0.327. The monoisotopic (exact) mass is 289 g/mol. The third kappa shape index (κ3) is 3.05. The van der Waals surface area contributed by atoms with Crippen molar-refractivity contribution in [1.82, 2.24) is 5.32 Å². The summed E-state index contributed by atoms with van der Waals surface area (Å²) in [4.78, 5) is 0. The average Bonchev–Trinajstić information content (AvgIpc) is 2.55. The summed E-state index contributed by atoms with van der Waals surface area (Å²) < 4.78 is 0. The van der Waals surface area contributed by atoms with Gasteiger partial charge in [-0.25, -0.2) is 0 Å². The summed E-state index contributed by atoms with van der Waals surface area (Å²) in [6.07, 6.45) is 0. The van der Waals surface area contributed by atoms with Gasteiger partial charge in [-0.3, -0.25) is 0 Å². The van der Waals surface area contributed by atoms with Crippen molar-refractivity contribution in [2.75, 3.05) is 0 Å². The number of hydrogen-bond donors (Lipinski definition) is 1. The predicted molar refractivity (Wildman–Crippen MR) is 95.1 cm³/mol. The molecule has 0 radical (unpaired) electrons. The molecule has 0 spiro atoms. The molecule has 22 heavy (non-hydrogen) atoms. The van der Waals surface area contributed by atoms with Crippen LogP contribution >= 0.6 is 0 Å². The van der Waals surface area contributed by atoms with E-state index in [9.17, 15) is 0 Å². The van der Waals surface area contributed by atoms with Crippen molar-refractivity contribution in [3.63, 3.8) is 0 Å². The van der Waals surface area contributed by atoms with Crippen LogP contribution in [0.5, 0.6) is 0 Å². The molecule has 0 fully saturated rings. The number of benzene rings is 3. The second kappa shape index (κ2) is 6.33. The fourth-order valence-electron chi connectivity index (χ4n) is 2.92. The van der Waals surface area contributed by atoms with Gasteiger partial charge in [-0.2, -0.15) is 0 Å². The Morgan fingerprint density at radius 2 is 1.64 bits per heavy atom. The third-order valence-electron chi connectivity index (χ3n) is 4.47. The maximum Gasteiger partial charge on any atom is 0.0301 e. The highest BCUT2D eigenvalue weighted by Gasteiger charge is 2.08. The first kappa shape index (κ1) is 14.8. The molecule has 0 saturated heterocycles. The fourth-order valence-corrected chi connectivity index (χ4v) is 2.92. The van der Waals surface area contributed by atoms with Gasteiger partial charge < -0.3 is 5.32 Å². The summed E-state index contributed by atoms with van der Waals surface area (Å²) in [6.45, 7) is 7.46. The van der Waals surface area contributed by atoms with Crippen LogP contribution in [0.25, 0.3) is 10.8 Å². The number of nitrogens with one attached hydrogen (secondary N) is 1. The molecule has 0 bridgehead atoms. The Morgan fingerprint density at radius 1 is 0.864 bits per heavy atom. The zero-order valence-electron chi connectivity index (χ0n) is 13.6. The minimum Gasteiger partial charge on any atom is -0.306 e. The molecule has 0 aliphatic carbocycles. The number of hydrogen-bond acceptors (Lipinski definition) is 1. The van der Waals surface area contributed by atoms with Gasteiger partial charge in [0.05, 0.1) is 0 Å². The first-order chi connectivity index (χ1) is 10.6. The van der Waals surface area contributed by atoms with Gasteiger partial charge >= 0.3 is 0 Å². The topological polar surface area (TPSA) is 12.0 Å². The quantitative estimate of drug-likeness (QED) is 0.686. The molecule has 0 saturated carbocycles. The standard InChI is InChI=1S/C21H23N/c1-15-11-12-18(13-16(15)2)14-22-17(3)20-10-6-8-19-7-4-5-9-21(19)20/h4-13,17,22H,14H2,1-3H3/t17-/m1/s1. The van der Waals surface area contributed by atoms with Gasteiger partial charge in [-0.05, 0) is 53.8 Å². The van der Waals surface area contributed by atoms with E-state index in [2.05, 4.69) is 86.8 Å². The van der Waals surface area contributed by atoms with Crippen LogP contribution in [0.15, 0.2) is 60.7 Å². The molecule has 3 aromatic carbocycles. The van der Waals surface area contributed by atoms with E-state index in [0.717, 1.165) is 6.54 Å². The largest absolute Gasteiger partial charge is 0.306 e. The third-order valence-corrected chi connectivity index (χ3v) is 4.47. The molecular weight excluding hydrogens is 266 g/mol. The fraction of sp³-hybridized carbons (Fsp3) is 0.238. The van der Waals surface area contributed by atoms with Gasteiger partial charge in [-0.15, -0.1) is 0 Å². The Bertz CT molecular complexity index is 784. The van der Waals surface area contributed by atoms with Crippen molar-refractivity contribution < 1.29 is 0 Å². The molecule has 1 heteroatoms. The molecule has 0 aliphatic rings. The Kier molecular flexibility index (Phi) is 4.26. The highest BCUT2D eigenvalue weighted by molar-refractivity contribution is 5.86. The van der Waals surface area contributed by atoms with Gasteiger partial charge in [0, 0.05) is 12.6 Å². The molecule has 1 nitrogen and oxygen atoms in total. The van der Waals surface area contributed by atoms with Gasteiger partial charge in [0.1, 0.15) is 0 Å². The van der Waals surface area contributed by atoms with E-state index in [1.54, 1.807) is 0 Å². The van der Waals surface area contributed by atoms with Gasteiger partial charge in [0.15, 0.2) is 0 Å². The lowest BCUT2D eigenvalue weighted by Crippen LogP contribution is -2.18. The second-order valence-corrected chi connectivity index (χ2v) is 6.09. The molecule has 3 rings (SSSR count). The van der Waals surface area contributed by atoms with E-state index in [1.165, 1.54) is 33.0 Å². The maximum atomic E-state index is 3.65. The lowest BCUT2D eigenvalue weighted by molar-refractivity contribution is 0.578. The van der Waals surface area contributed by atoms with Crippen molar-refractivity contribution in [2.45, 2.75) is 33.4 Å². The maximum absolute atomic E-state index is 3.65. The zero-order valence-corrected chi connectivity index (χ0v) is 13.6. The number of aryl methyl sites for hydroxylation is 2.